The molecule has 1 unspecified atom stereocenters. The predicted octanol–water partition coefficient (Wildman–Crippen LogP) is 3.57. The molecule has 0 saturated carbocycles. The van der Waals surface area contributed by atoms with Gasteiger partial charge in [0.05, 0.1) is 0 Å². The first-order valence-electron chi connectivity index (χ1n) is 8.47. The smallest absolute Gasteiger partial charge is 0.241 e. The van der Waals surface area contributed by atoms with Gasteiger partial charge in [0.25, 0.3) is 0 Å². The molecule has 128 valence electrons. The highest BCUT2D eigenvalue weighted by molar-refractivity contribution is 5.83. The van der Waals surface area contributed by atoms with E-state index in [0.29, 0.717) is 18.5 Å². The first-order chi connectivity index (χ1) is 11.7. The van der Waals surface area contributed by atoms with Crippen molar-refractivity contribution in [3.05, 3.63) is 71.5 Å². The maximum Gasteiger partial charge on any atom is 0.241 e. The third kappa shape index (κ3) is 4.65. The molecule has 2 aromatic carbocycles. The van der Waals surface area contributed by atoms with Crippen LogP contribution in [0.15, 0.2) is 54.6 Å². The summed E-state index contributed by atoms with van der Waals surface area (Å²) in [4.78, 5) is 14.9. The van der Waals surface area contributed by atoms with Gasteiger partial charge in [-0.1, -0.05) is 62.4 Å². The lowest BCUT2D eigenvalue weighted by molar-refractivity contribution is -0.126. The van der Waals surface area contributed by atoms with E-state index in [9.17, 15) is 9.18 Å². The van der Waals surface area contributed by atoms with Crippen LogP contribution in [0.5, 0.6) is 0 Å². The van der Waals surface area contributed by atoms with Crippen molar-refractivity contribution in [2.24, 2.45) is 0 Å². The number of carbonyl (C=O) groups excluding carboxylic acids is 1. The Morgan fingerprint density at radius 2 is 1.67 bits per heavy atom. The van der Waals surface area contributed by atoms with Gasteiger partial charge in [0.2, 0.25) is 5.91 Å². The summed E-state index contributed by atoms with van der Waals surface area (Å²) in [5.74, 6) is -0.267. The monoisotopic (exact) mass is 328 g/mol. The number of halogens is 1. The van der Waals surface area contributed by atoms with E-state index in [0.717, 1.165) is 18.7 Å². The van der Waals surface area contributed by atoms with Crippen molar-refractivity contribution in [2.75, 3.05) is 19.6 Å². The van der Waals surface area contributed by atoms with Crippen LogP contribution in [0.4, 0.5) is 4.39 Å². The van der Waals surface area contributed by atoms with Gasteiger partial charge in [-0.15, -0.1) is 0 Å². The van der Waals surface area contributed by atoms with Crippen LogP contribution >= 0.6 is 0 Å². The summed E-state index contributed by atoms with van der Waals surface area (Å²) in [6.07, 6.45) is 0.484. The summed E-state index contributed by atoms with van der Waals surface area (Å²) in [7, 11) is 0. The van der Waals surface area contributed by atoms with Crippen molar-refractivity contribution in [1.29, 1.82) is 0 Å². The number of nitrogens with one attached hydrogen (secondary N) is 1. The standard InChI is InChI=1S/C20H25FN2O/c1-3-23(4-2)19(17-11-6-5-7-12-17)20(24)22-15-14-16-10-8-9-13-18(16)21/h5-13,19H,3-4,14-15H2,1-2H3,(H,22,24). The molecular formula is C20H25FN2O. The van der Waals surface area contributed by atoms with Crippen LogP contribution in [0.2, 0.25) is 0 Å². The van der Waals surface area contributed by atoms with Gasteiger partial charge in [0.1, 0.15) is 11.9 Å². The van der Waals surface area contributed by atoms with E-state index >= 15 is 0 Å². The highest BCUT2D eigenvalue weighted by Gasteiger charge is 2.25. The van der Waals surface area contributed by atoms with E-state index in [1.54, 1.807) is 12.1 Å². The summed E-state index contributed by atoms with van der Waals surface area (Å²) >= 11 is 0. The Morgan fingerprint density at radius 3 is 2.29 bits per heavy atom. The van der Waals surface area contributed by atoms with Crippen LogP contribution in [-0.2, 0) is 11.2 Å². The van der Waals surface area contributed by atoms with Crippen LogP contribution in [-0.4, -0.2) is 30.4 Å². The normalized spacial score (nSPS) is 12.2. The highest BCUT2D eigenvalue weighted by atomic mass is 19.1. The molecule has 0 aromatic heterocycles. The lowest BCUT2D eigenvalue weighted by Crippen LogP contribution is -2.41. The van der Waals surface area contributed by atoms with E-state index in [4.69, 9.17) is 0 Å². The zero-order valence-electron chi connectivity index (χ0n) is 14.3. The van der Waals surface area contributed by atoms with E-state index in [1.165, 1.54) is 6.07 Å². The molecule has 0 spiro atoms. The Morgan fingerprint density at radius 1 is 1.04 bits per heavy atom. The van der Waals surface area contributed by atoms with Gasteiger partial charge in [0.15, 0.2) is 0 Å². The quantitative estimate of drug-likeness (QED) is 0.803. The molecule has 0 aliphatic heterocycles. The zero-order valence-corrected chi connectivity index (χ0v) is 14.3. The van der Waals surface area contributed by atoms with Gasteiger partial charge in [-0.25, -0.2) is 4.39 Å². The third-order valence-corrected chi connectivity index (χ3v) is 4.19. The molecule has 0 fully saturated rings. The van der Waals surface area contributed by atoms with Crippen molar-refractivity contribution >= 4 is 5.91 Å². The Bertz CT molecular complexity index is 641. The molecule has 4 heteroatoms. The number of hydrogen-bond donors (Lipinski definition) is 1. The number of nitrogens with zero attached hydrogens (tertiary/aromatic N) is 1. The number of benzene rings is 2. The number of rotatable bonds is 8. The average Bonchev–Trinajstić information content (AvgIpc) is 2.61. The fourth-order valence-electron chi connectivity index (χ4n) is 2.87. The molecule has 2 aromatic rings. The molecule has 3 nitrogen and oxygen atoms in total. The summed E-state index contributed by atoms with van der Waals surface area (Å²) < 4.78 is 13.7. The minimum atomic E-state index is -0.318. The van der Waals surface area contributed by atoms with Crippen LogP contribution < -0.4 is 5.32 Å². The molecular weight excluding hydrogens is 303 g/mol. The number of hydrogen-bond acceptors (Lipinski definition) is 2. The molecule has 0 heterocycles. The van der Waals surface area contributed by atoms with Crippen molar-refractivity contribution < 1.29 is 9.18 Å². The average molecular weight is 328 g/mol. The Hall–Kier alpha value is -2.20. The van der Waals surface area contributed by atoms with Gasteiger partial charge < -0.3 is 5.32 Å². The van der Waals surface area contributed by atoms with Gasteiger partial charge >= 0.3 is 0 Å². The summed E-state index contributed by atoms with van der Waals surface area (Å²) in [5, 5.41) is 2.96. The maximum atomic E-state index is 13.7. The Labute approximate surface area is 143 Å². The van der Waals surface area contributed by atoms with Crippen LogP contribution in [0, 0.1) is 5.82 Å². The SMILES string of the molecule is CCN(CC)C(C(=O)NCCc1ccccc1F)c1ccccc1. The van der Waals surface area contributed by atoms with Gasteiger partial charge in [-0.05, 0) is 36.7 Å². The first kappa shape index (κ1) is 18.1. The van der Waals surface area contributed by atoms with Crippen molar-refractivity contribution in [2.45, 2.75) is 26.3 Å². The molecule has 0 radical (unpaired) electrons. The number of amides is 1. The largest absolute Gasteiger partial charge is 0.354 e. The van der Waals surface area contributed by atoms with Gasteiger partial charge in [0, 0.05) is 6.54 Å². The number of carbonyl (C=O) groups is 1. The second-order valence-corrected chi connectivity index (χ2v) is 5.67. The molecule has 0 bridgehead atoms. The second kappa shape index (κ2) is 9.18. The van der Waals surface area contributed by atoms with Crippen LogP contribution in [0.1, 0.15) is 31.0 Å². The fraction of sp³-hybridized carbons (Fsp3) is 0.350. The van der Waals surface area contributed by atoms with E-state index in [2.05, 4.69) is 10.2 Å². The number of likely N-dealkylation sites (N-methyl/N-ethyl adjacent to an activating group) is 1. The van der Waals surface area contributed by atoms with Crippen molar-refractivity contribution in [1.82, 2.24) is 10.2 Å². The second-order valence-electron chi connectivity index (χ2n) is 5.67. The first-order valence-corrected chi connectivity index (χ1v) is 8.47. The van der Waals surface area contributed by atoms with Crippen molar-refractivity contribution in [3.8, 4) is 0 Å². The molecule has 24 heavy (non-hydrogen) atoms. The lowest BCUT2D eigenvalue weighted by Gasteiger charge is -2.29. The molecule has 0 aliphatic carbocycles. The molecule has 2 rings (SSSR count). The minimum absolute atomic E-state index is 0.0405. The third-order valence-electron chi connectivity index (χ3n) is 4.19. The van der Waals surface area contributed by atoms with E-state index in [-0.39, 0.29) is 17.8 Å². The zero-order chi connectivity index (χ0) is 17.4. The lowest BCUT2D eigenvalue weighted by atomic mass is 10.0. The van der Waals surface area contributed by atoms with Gasteiger partial charge in [-0.2, -0.15) is 0 Å². The van der Waals surface area contributed by atoms with Gasteiger partial charge in [-0.3, -0.25) is 9.69 Å². The molecule has 1 N–H and O–H groups in total. The summed E-state index contributed by atoms with van der Waals surface area (Å²) in [6, 6.07) is 16.1. The Kier molecular flexibility index (Phi) is 6.94. The Balaban J connectivity index is 2.04. The molecule has 1 atom stereocenters. The molecule has 0 aliphatic rings. The van der Waals surface area contributed by atoms with E-state index < -0.39 is 0 Å². The molecule has 1 amide bonds. The minimum Gasteiger partial charge on any atom is -0.354 e. The highest BCUT2D eigenvalue weighted by Crippen LogP contribution is 2.20. The predicted molar refractivity (Wildman–Crippen MR) is 95.2 cm³/mol. The topological polar surface area (TPSA) is 32.3 Å². The van der Waals surface area contributed by atoms with Crippen molar-refractivity contribution in [3.63, 3.8) is 0 Å². The van der Waals surface area contributed by atoms with E-state index in [1.807, 2.05) is 50.2 Å². The fourth-order valence-corrected chi connectivity index (χ4v) is 2.87. The summed E-state index contributed by atoms with van der Waals surface area (Å²) in [5.41, 5.74) is 1.60. The molecule has 0 saturated heterocycles. The maximum absolute atomic E-state index is 13.7. The summed E-state index contributed by atoms with van der Waals surface area (Å²) in [6.45, 7) is 6.09. The van der Waals surface area contributed by atoms with Crippen LogP contribution in [0.3, 0.4) is 0 Å². The van der Waals surface area contributed by atoms with Crippen LogP contribution in [0.25, 0.3) is 0 Å².